The molecule has 3 aromatic rings. The van der Waals surface area contributed by atoms with Gasteiger partial charge in [0.15, 0.2) is 0 Å². The average molecular weight is 386 g/mol. The van der Waals surface area contributed by atoms with Crippen molar-refractivity contribution >= 4 is 6.29 Å². The number of hydrogen-bond donors (Lipinski definition) is 0. The Balaban J connectivity index is 1.46. The Morgan fingerprint density at radius 1 is 1.10 bits per heavy atom. The largest absolute Gasteiger partial charge is 0.489 e. The van der Waals surface area contributed by atoms with Crippen LogP contribution >= 0.6 is 0 Å². The Kier molecular flexibility index (Phi) is 6.01. The monoisotopic (exact) mass is 386 g/mol. The molecule has 0 aliphatic carbocycles. The molecule has 0 radical (unpaired) electrons. The summed E-state index contributed by atoms with van der Waals surface area (Å²) in [6.45, 7) is 5.14. The van der Waals surface area contributed by atoms with Crippen LogP contribution in [0.2, 0.25) is 0 Å². The van der Waals surface area contributed by atoms with E-state index in [1.54, 1.807) is 0 Å². The van der Waals surface area contributed by atoms with E-state index in [2.05, 4.69) is 41.3 Å². The van der Waals surface area contributed by atoms with Crippen molar-refractivity contribution in [2.45, 2.75) is 26.5 Å². The summed E-state index contributed by atoms with van der Waals surface area (Å²) in [7, 11) is 0. The number of hydrogen-bond acceptors (Lipinski definition) is 4. The van der Waals surface area contributed by atoms with Gasteiger partial charge in [-0.2, -0.15) is 0 Å². The molecular weight excluding hydrogens is 360 g/mol. The first-order valence-electron chi connectivity index (χ1n) is 10.1. The van der Waals surface area contributed by atoms with Crippen LogP contribution in [0.1, 0.15) is 23.7 Å². The molecule has 4 rings (SSSR count). The van der Waals surface area contributed by atoms with Crippen molar-refractivity contribution < 1.29 is 9.53 Å². The molecule has 1 aliphatic rings. The van der Waals surface area contributed by atoms with E-state index in [1.165, 1.54) is 5.56 Å². The van der Waals surface area contributed by atoms with Gasteiger partial charge in [-0.1, -0.05) is 55.5 Å². The van der Waals surface area contributed by atoms with Crippen LogP contribution in [0.15, 0.2) is 66.7 Å². The minimum Gasteiger partial charge on any atom is -0.489 e. The van der Waals surface area contributed by atoms with E-state index >= 15 is 0 Å². The van der Waals surface area contributed by atoms with Gasteiger partial charge in [0.1, 0.15) is 18.6 Å². The van der Waals surface area contributed by atoms with E-state index in [1.807, 2.05) is 37.3 Å². The van der Waals surface area contributed by atoms with Crippen LogP contribution in [0.4, 0.5) is 0 Å². The zero-order chi connectivity index (χ0) is 20.1. The number of carbonyl (C=O) groups excluding carboxylic acids is 1. The number of rotatable bonds is 7. The summed E-state index contributed by atoms with van der Waals surface area (Å²) >= 11 is 0. The van der Waals surface area contributed by atoms with E-state index in [-0.39, 0.29) is 5.92 Å². The maximum atomic E-state index is 10.9. The van der Waals surface area contributed by atoms with Crippen LogP contribution in [0.5, 0.6) is 5.75 Å². The number of fused-ring (bicyclic) bond motifs is 1. The summed E-state index contributed by atoms with van der Waals surface area (Å²) in [4.78, 5) is 18.2. The minimum atomic E-state index is 0.0717. The van der Waals surface area contributed by atoms with E-state index in [9.17, 15) is 4.79 Å². The van der Waals surface area contributed by atoms with Crippen molar-refractivity contribution in [3.63, 3.8) is 0 Å². The number of aldehydes is 1. The number of aromatic nitrogens is 1. The third-order valence-electron chi connectivity index (χ3n) is 5.28. The van der Waals surface area contributed by atoms with Gasteiger partial charge in [0.25, 0.3) is 0 Å². The summed E-state index contributed by atoms with van der Waals surface area (Å²) < 4.78 is 5.97. The Labute approximate surface area is 172 Å². The highest BCUT2D eigenvalue weighted by molar-refractivity contribution is 5.62. The van der Waals surface area contributed by atoms with Gasteiger partial charge in [0.2, 0.25) is 0 Å². The van der Waals surface area contributed by atoms with Crippen LogP contribution in [0, 0.1) is 5.92 Å². The molecule has 0 spiro atoms. The van der Waals surface area contributed by atoms with Gasteiger partial charge in [-0.15, -0.1) is 0 Å². The average Bonchev–Trinajstić information content (AvgIpc) is 2.78. The van der Waals surface area contributed by atoms with E-state index < -0.39 is 0 Å². The van der Waals surface area contributed by atoms with Crippen LogP contribution in [0.3, 0.4) is 0 Å². The van der Waals surface area contributed by atoms with Gasteiger partial charge in [-0.25, -0.2) is 0 Å². The highest BCUT2D eigenvalue weighted by Crippen LogP contribution is 2.26. The number of carbonyl (C=O) groups is 1. The lowest BCUT2D eigenvalue weighted by atomic mass is 10.0. The van der Waals surface area contributed by atoms with Gasteiger partial charge in [-0.3, -0.25) is 9.88 Å². The second-order valence-electron chi connectivity index (χ2n) is 7.70. The molecule has 4 heteroatoms. The standard InChI is InChI=1S/C25H26N2O2/c1-19(17-28)15-27-13-12-25-22(16-27)10-11-24(26-25)21-8-5-9-23(14-21)29-18-20-6-3-2-4-7-20/h2-11,14,17,19H,12-13,15-16,18H2,1H3. The van der Waals surface area contributed by atoms with Crippen molar-refractivity contribution in [1.29, 1.82) is 0 Å². The van der Waals surface area contributed by atoms with Crippen molar-refractivity contribution in [3.8, 4) is 17.0 Å². The molecule has 1 aromatic heterocycles. The first kappa shape index (κ1) is 19.3. The summed E-state index contributed by atoms with van der Waals surface area (Å²) in [6.07, 6.45) is 1.95. The highest BCUT2D eigenvalue weighted by atomic mass is 16.5. The predicted molar refractivity (Wildman–Crippen MR) is 115 cm³/mol. The normalized spacial score (nSPS) is 14.8. The summed E-state index contributed by atoms with van der Waals surface area (Å²) in [5.74, 6) is 0.919. The molecule has 2 aromatic carbocycles. The maximum absolute atomic E-state index is 10.9. The fraction of sp³-hybridized carbons (Fsp3) is 0.280. The third-order valence-corrected chi connectivity index (χ3v) is 5.28. The number of benzene rings is 2. The molecule has 0 saturated heterocycles. The number of pyridine rings is 1. The second kappa shape index (κ2) is 9.01. The lowest BCUT2D eigenvalue weighted by Crippen LogP contribution is -2.34. The molecule has 1 atom stereocenters. The molecule has 148 valence electrons. The van der Waals surface area contributed by atoms with Gasteiger partial charge < -0.3 is 9.53 Å². The predicted octanol–water partition coefficient (Wildman–Crippen LogP) is 4.52. The lowest BCUT2D eigenvalue weighted by molar-refractivity contribution is -0.111. The quantitative estimate of drug-likeness (QED) is 0.560. The molecule has 0 N–H and O–H groups in total. The molecule has 0 saturated carbocycles. The van der Waals surface area contributed by atoms with Crippen LogP contribution in [-0.4, -0.2) is 29.3 Å². The van der Waals surface area contributed by atoms with Crippen LogP contribution in [-0.2, 0) is 24.4 Å². The summed E-state index contributed by atoms with van der Waals surface area (Å²) in [5.41, 5.74) is 5.61. The first-order chi connectivity index (χ1) is 14.2. The Bertz CT molecular complexity index is 972. The zero-order valence-corrected chi connectivity index (χ0v) is 16.8. The molecular formula is C25H26N2O2. The fourth-order valence-electron chi connectivity index (χ4n) is 3.73. The molecule has 2 heterocycles. The van der Waals surface area contributed by atoms with Gasteiger partial charge in [0, 0.05) is 43.2 Å². The molecule has 0 bridgehead atoms. The first-order valence-corrected chi connectivity index (χ1v) is 10.1. The topological polar surface area (TPSA) is 42.4 Å². The third kappa shape index (κ3) is 4.90. The minimum absolute atomic E-state index is 0.0717. The lowest BCUT2D eigenvalue weighted by Gasteiger charge is -2.29. The second-order valence-corrected chi connectivity index (χ2v) is 7.70. The molecule has 1 unspecified atom stereocenters. The Morgan fingerprint density at radius 2 is 1.97 bits per heavy atom. The SMILES string of the molecule is CC(C=O)CN1CCc2nc(-c3cccc(OCc4ccccc4)c3)ccc2C1. The fourth-order valence-corrected chi connectivity index (χ4v) is 3.73. The van der Waals surface area contributed by atoms with Crippen molar-refractivity contribution in [1.82, 2.24) is 9.88 Å². The van der Waals surface area contributed by atoms with Gasteiger partial charge in [0.05, 0.1) is 5.69 Å². The summed E-state index contributed by atoms with van der Waals surface area (Å²) in [6, 6.07) is 22.6. The molecule has 0 amide bonds. The zero-order valence-electron chi connectivity index (χ0n) is 16.8. The van der Waals surface area contributed by atoms with Crippen molar-refractivity contribution in [2.75, 3.05) is 13.1 Å². The molecule has 1 aliphatic heterocycles. The van der Waals surface area contributed by atoms with Gasteiger partial charge >= 0.3 is 0 Å². The molecule has 29 heavy (non-hydrogen) atoms. The maximum Gasteiger partial charge on any atom is 0.124 e. The Hall–Kier alpha value is -2.98. The van der Waals surface area contributed by atoms with Gasteiger partial charge in [-0.05, 0) is 29.3 Å². The highest BCUT2D eigenvalue weighted by Gasteiger charge is 2.19. The number of nitrogens with zero attached hydrogens (tertiary/aromatic N) is 2. The van der Waals surface area contributed by atoms with E-state index in [0.29, 0.717) is 6.61 Å². The molecule has 0 fully saturated rings. The number of ether oxygens (including phenoxy) is 1. The smallest absolute Gasteiger partial charge is 0.124 e. The summed E-state index contributed by atoms with van der Waals surface area (Å²) in [5, 5.41) is 0. The van der Waals surface area contributed by atoms with E-state index in [0.717, 1.165) is 60.6 Å². The van der Waals surface area contributed by atoms with Crippen molar-refractivity contribution in [2.24, 2.45) is 5.92 Å². The Morgan fingerprint density at radius 3 is 2.79 bits per heavy atom. The molecule has 4 nitrogen and oxygen atoms in total. The van der Waals surface area contributed by atoms with Crippen LogP contribution in [0.25, 0.3) is 11.3 Å². The van der Waals surface area contributed by atoms with Crippen molar-refractivity contribution in [3.05, 3.63) is 83.6 Å². The van der Waals surface area contributed by atoms with Crippen LogP contribution < -0.4 is 4.74 Å². The van der Waals surface area contributed by atoms with E-state index in [4.69, 9.17) is 9.72 Å².